The Morgan fingerprint density at radius 3 is 2.76 bits per heavy atom. The number of carbonyl (C=O) groups excluding carboxylic acids is 1. The van der Waals surface area contributed by atoms with Crippen LogP contribution in [0, 0.1) is 0 Å². The van der Waals surface area contributed by atoms with Gasteiger partial charge in [-0.05, 0) is 36.4 Å². The summed E-state index contributed by atoms with van der Waals surface area (Å²) in [5.74, 6) is 0.701. The number of nitrogens with one attached hydrogen (secondary N) is 1. The van der Waals surface area contributed by atoms with Gasteiger partial charge in [0.25, 0.3) is 5.91 Å². The lowest BCUT2D eigenvalue weighted by Crippen LogP contribution is -2.26. The average Bonchev–Trinajstić information content (AvgIpc) is 2.91. The molecule has 0 bridgehead atoms. The van der Waals surface area contributed by atoms with Gasteiger partial charge in [-0.2, -0.15) is 0 Å². The predicted octanol–water partition coefficient (Wildman–Crippen LogP) is 1.28. The summed E-state index contributed by atoms with van der Waals surface area (Å²) in [6, 6.07) is 12.6. The Hall–Kier alpha value is -2.89. The highest BCUT2D eigenvalue weighted by molar-refractivity contribution is 5.94. The van der Waals surface area contributed by atoms with Crippen molar-refractivity contribution in [2.75, 3.05) is 12.3 Å². The van der Waals surface area contributed by atoms with Crippen LogP contribution in [0.5, 0.6) is 0 Å². The van der Waals surface area contributed by atoms with Gasteiger partial charge in [0.05, 0.1) is 0 Å². The first-order valence-electron chi connectivity index (χ1n) is 6.66. The van der Waals surface area contributed by atoms with E-state index in [1.165, 1.54) is 0 Å². The van der Waals surface area contributed by atoms with Gasteiger partial charge in [0.2, 0.25) is 0 Å². The lowest BCUT2D eigenvalue weighted by Gasteiger charge is -2.05. The maximum atomic E-state index is 12.0. The molecule has 0 saturated carbocycles. The standard InChI is InChI=1S/C15H15N5O/c16-12-6-4-11(5-7-12)15(21)17-9-8-14-19-18-13-3-1-2-10-20(13)14/h1-7,10H,8-9,16H2,(H,17,21). The normalized spacial score (nSPS) is 10.7. The van der Waals surface area contributed by atoms with Crippen molar-refractivity contribution < 1.29 is 4.79 Å². The molecule has 0 saturated heterocycles. The summed E-state index contributed by atoms with van der Waals surface area (Å²) in [4.78, 5) is 12.0. The van der Waals surface area contributed by atoms with Crippen LogP contribution >= 0.6 is 0 Å². The van der Waals surface area contributed by atoms with Crippen molar-refractivity contribution in [3.05, 3.63) is 60.0 Å². The number of hydrogen-bond acceptors (Lipinski definition) is 4. The molecule has 0 aliphatic carbocycles. The van der Waals surface area contributed by atoms with E-state index >= 15 is 0 Å². The monoisotopic (exact) mass is 281 g/mol. The van der Waals surface area contributed by atoms with Crippen molar-refractivity contribution in [3.63, 3.8) is 0 Å². The average molecular weight is 281 g/mol. The van der Waals surface area contributed by atoms with Crippen molar-refractivity contribution in [3.8, 4) is 0 Å². The molecule has 0 radical (unpaired) electrons. The fraction of sp³-hybridized carbons (Fsp3) is 0.133. The summed E-state index contributed by atoms with van der Waals surface area (Å²) in [6.45, 7) is 0.499. The summed E-state index contributed by atoms with van der Waals surface area (Å²) in [5, 5.41) is 11.1. The van der Waals surface area contributed by atoms with Gasteiger partial charge in [-0.25, -0.2) is 0 Å². The lowest BCUT2D eigenvalue weighted by atomic mass is 10.2. The number of benzene rings is 1. The second-order valence-electron chi connectivity index (χ2n) is 4.67. The van der Waals surface area contributed by atoms with E-state index in [1.54, 1.807) is 24.3 Å². The van der Waals surface area contributed by atoms with E-state index < -0.39 is 0 Å². The number of amides is 1. The number of pyridine rings is 1. The van der Waals surface area contributed by atoms with Crippen LogP contribution < -0.4 is 11.1 Å². The zero-order valence-corrected chi connectivity index (χ0v) is 11.4. The van der Waals surface area contributed by atoms with Crippen LogP contribution in [0.4, 0.5) is 5.69 Å². The third kappa shape index (κ3) is 2.84. The highest BCUT2D eigenvalue weighted by atomic mass is 16.1. The molecular formula is C15H15N5O. The summed E-state index contributed by atoms with van der Waals surface area (Å²) < 4.78 is 1.91. The Morgan fingerprint density at radius 1 is 1.14 bits per heavy atom. The van der Waals surface area contributed by atoms with Crippen LogP contribution in [-0.2, 0) is 6.42 Å². The summed E-state index contributed by atoms with van der Waals surface area (Å²) in [7, 11) is 0. The number of carbonyl (C=O) groups is 1. The predicted molar refractivity (Wildman–Crippen MR) is 79.9 cm³/mol. The molecule has 0 unspecified atom stereocenters. The first kappa shape index (κ1) is 13.1. The van der Waals surface area contributed by atoms with E-state index in [2.05, 4.69) is 15.5 Å². The smallest absolute Gasteiger partial charge is 0.251 e. The fourth-order valence-electron chi connectivity index (χ4n) is 2.09. The lowest BCUT2D eigenvalue weighted by molar-refractivity contribution is 0.0954. The first-order chi connectivity index (χ1) is 10.2. The Kier molecular flexibility index (Phi) is 3.51. The second-order valence-corrected chi connectivity index (χ2v) is 4.67. The molecule has 3 N–H and O–H groups in total. The third-order valence-electron chi connectivity index (χ3n) is 3.19. The van der Waals surface area contributed by atoms with Gasteiger partial charge in [-0.3, -0.25) is 9.20 Å². The third-order valence-corrected chi connectivity index (χ3v) is 3.19. The molecule has 0 aliphatic rings. The van der Waals surface area contributed by atoms with E-state index in [0.29, 0.717) is 24.2 Å². The number of nitrogens with zero attached hydrogens (tertiary/aromatic N) is 3. The van der Waals surface area contributed by atoms with Crippen molar-refractivity contribution >= 4 is 17.2 Å². The van der Waals surface area contributed by atoms with Crippen molar-refractivity contribution in [2.45, 2.75) is 6.42 Å². The van der Waals surface area contributed by atoms with Gasteiger partial charge in [-0.15, -0.1) is 10.2 Å². The quantitative estimate of drug-likeness (QED) is 0.705. The number of aromatic nitrogens is 3. The minimum Gasteiger partial charge on any atom is -0.399 e. The maximum Gasteiger partial charge on any atom is 0.251 e. The molecule has 0 aliphatic heterocycles. The van der Waals surface area contributed by atoms with Crippen LogP contribution in [0.15, 0.2) is 48.7 Å². The minimum absolute atomic E-state index is 0.121. The molecule has 1 aromatic carbocycles. The Balaban J connectivity index is 1.61. The van der Waals surface area contributed by atoms with E-state index in [9.17, 15) is 4.79 Å². The maximum absolute atomic E-state index is 12.0. The van der Waals surface area contributed by atoms with Gasteiger partial charge >= 0.3 is 0 Å². The van der Waals surface area contributed by atoms with Crippen LogP contribution in [0.25, 0.3) is 5.65 Å². The van der Waals surface area contributed by atoms with Gasteiger partial charge in [-0.1, -0.05) is 6.07 Å². The van der Waals surface area contributed by atoms with E-state index in [0.717, 1.165) is 11.5 Å². The molecule has 1 amide bonds. The van der Waals surface area contributed by atoms with Crippen molar-refractivity contribution in [1.29, 1.82) is 0 Å². The van der Waals surface area contributed by atoms with Gasteiger partial charge in [0.1, 0.15) is 5.82 Å². The molecule has 106 valence electrons. The molecule has 21 heavy (non-hydrogen) atoms. The SMILES string of the molecule is Nc1ccc(C(=O)NCCc2nnc3ccccn23)cc1. The molecule has 3 aromatic rings. The van der Waals surface area contributed by atoms with E-state index in [1.807, 2.05) is 28.8 Å². The first-order valence-corrected chi connectivity index (χ1v) is 6.66. The molecule has 0 spiro atoms. The largest absolute Gasteiger partial charge is 0.399 e. The summed E-state index contributed by atoms with van der Waals surface area (Å²) >= 11 is 0. The van der Waals surface area contributed by atoms with Gasteiger partial charge < -0.3 is 11.1 Å². The highest BCUT2D eigenvalue weighted by Gasteiger charge is 2.07. The second kappa shape index (κ2) is 5.62. The fourth-order valence-corrected chi connectivity index (χ4v) is 2.09. The number of anilines is 1. The van der Waals surface area contributed by atoms with Crippen LogP contribution in [-0.4, -0.2) is 27.0 Å². The number of nitrogen functional groups attached to an aromatic ring is 1. The number of nitrogens with two attached hydrogens (primary N) is 1. The van der Waals surface area contributed by atoms with Crippen LogP contribution in [0.3, 0.4) is 0 Å². The van der Waals surface area contributed by atoms with Crippen molar-refractivity contribution in [1.82, 2.24) is 19.9 Å². The van der Waals surface area contributed by atoms with E-state index in [4.69, 9.17) is 5.73 Å². The van der Waals surface area contributed by atoms with Crippen LogP contribution in [0.2, 0.25) is 0 Å². The Labute approximate surface area is 121 Å². The summed E-state index contributed by atoms with van der Waals surface area (Å²) in [5.41, 5.74) is 7.63. The molecule has 0 fully saturated rings. The van der Waals surface area contributed by atoms with Gasteiger partial charge in [0.15, 0.2) is 5.65 Å². The highest BCUT2D eigenvalue weighted by Crippen LogP contribution is 2.06. The molecule has 2 aromatic heterocycles. The number of hydrogen-bond donors (Lipinski definition) is 2. The molecule has 6 heteroatoms. The molecule has 3 rings (SSSR count). The molecular weight excluding hydrogens is 266 g/mol. The molecule has 2 heterocycles. The summed E-state index contributed by atoms with van der Waals surface area (Å²) in [6.07, 6.45) is 2.53. The van der Waals surface area contributed by atoms with Crippen molar-refractivity contribution in [2.24, 2.45) is 0 Å². The number of rotatable bonds is 4. The zero-order chi connectivity index (χ0) is 14.7. The zero-order valence-electron chi connectivity index (χ0n) is 11.4. The topological polar surface area (TPSA) is 85.3 Å². The Morgan fingerprint density at radius 2 is 1.95 bits per heavy atom. The molecule has 6 nitrogen and oxygen atoms in total. The minimum atomic E-state index is -0.121. The van der Waals surface area contributed by atoms with Crippen LogP contribution in [0.1, 0.15) is 16.2 Å². The van der Waals surface area contributed by atoms with Gasteiger partial charge in [0, 0.05) is 30.4 Å². The van der Waals surface area contributed by atoms with E-state index in [-0.39, 0.29) is 5.91 Å². The number of fused-ring (bicyclic) bond motifs is 1. The molecule has 0 atom stereocenters. The Bertz CT molecular complexity index is 763.